The van der Waals surface area contributed by atoms with Gasteiger partial charge in [0.2, 0.25) is 0 Å². The summed E-state index contributed by atoms with van der Waals surface area (Å²) in [5, 5.41) is 29.8. The van der Waals surface area contributed by atoms with Gasteiger partial charge in [-0.1, -0.05) is 17.7 Å². The number of allylic oxidation sites excluding steroid dienone is 3. The third kappa shape index (κ3) is 5.36. The normalized spacial score (nSPS) is 21.5. The quantitative estimate of drug-likeness (QED) is 0.659. The maximum Gasteiger partial charge on any atom is 0.331 e. The Balaban J connectivity index is 2.42. The van der Waals surface area contributed by atoms with Crippen molar-refractivity contribution in [3.05, 3.63) is 47.1 Å². The minimum atomic E-state index is -0.929. The van der Waals surface area contributed by atoms with Crippen LogP contribution in [0.15, 0.2) is 41.5 Å². The number of aromatic hydroxyl groups is 1. The molecule has 2 rings (SSSR count). The minimum Gasteiger partial charge on any atom is -0.508 e. The van der Waals surface area contributed by atoms with E-state index in [-0.39, 0.29) is 5.75 Å². The van der Waals surface area contributed by atoms with E-state index in [1.165, 1.54) is 6.07 Å². The summed E-state index contributed by atoms with van der Waals surface area (Å²) in [5.41, 5.74) is 1.36. The molecule has 0 spiro atoms. The van der Waals surface area contributed by atoms with Crippen LogP contribution in [0.3, 0.4) is 0 Å². The van der Waals surface area contributed by atoms with E-state index in [9.17, 15) is 20.1 Å². The van der Waals surface area contributed by atoms with E-state index in [0.29, 0.717) is 42.6 Å². The molecule has 0 bridgehead atoms. The largest absolute Gasteiger partial charge is 0.508 e. The Morgan fingerprint density at radius 1 is 1.23 bits per heavy atom. The molecule has 0 aromatic heterocycles. The number of carboxylic acid groups (broad SMARTS) is 1. The van der Waals surface area contributed by atoms with Crippen molar-refractivity contribution in [2.45, 2.75) is 64.6 Å². The average molecular weight is 360 g/mol. The second-order valence-electron chi connectivity index (χ2n) is 7.38. The van der Waals surface area contributed by atoms with E-state index in [1.54, 1.807) is 18.2 Å². The third-order valence-electron chi connectivity index (χ3n) is 4.78. The van der Waals surface area contributed by atoms with Gasteiger partial charge in [0.1, 0.15) is 17.1 Å². The number of aliphatic hydroxyl groups excluding tert-OH is 1. The van der Waals surface area contributed by atoms with Crippen molar-refractivity contribution in [2.75, 3.05) is 0 Å². The highest BCUT2D eigenvalue weighted by atomic mass is 16.5. The number of aliphatic hydroxyl groups is 1. The molecule has 1 aromatic rings. The van der Waals surface area contributed by atoms with Crippen LogP contribution in [0, 0.1) is 0 Å². The lowest BCUT2D eigenvalue weighted by molar-refractivity contribution is -0.132. The first-order chi connectivity index (χ1) is 12.2. The van der Waals surface area contributed by atoms with Gasteiger partial charge in [-0.15, -0.1) is 0 Å². The van der Waals surface area contributed by atoms with Gasteiger partial charge in [0.15, 0.2) is 0 Å². The van der Waals surface area contributed by atoms with Gasteiger partial charge in [-0.05, 0) is 71.1 Å². The number of rotatable bonds is 1. The molecule has 1 unspecified atom stereocenters. The lowest BCUT2D eigenvalue weighted by atomic mass is 9.94. The molecule has 5 nitrogen and oxygen atoms in total. The van der Waals surface area contributed by atoms with Gasteiger partial charge < -0.3 is 20.1 Å². The number of ether oxygens (including phenoxy) is 1. The maximum absolute atomic E-state index is 11.5. The average Bonchev–Trinajstić information content (AvgIpc) is 2.56. The molecule has 142 valence electrons. The van der Waals surface area contributed by atoms with Crippen molar-refractivity contribution >= 4 is 5.97 Å². The Kier molecular flexibility index (Phi) is 6.48. The highest BCUT2D eigenvalue weighted by Crippen LogP contribution is 2.31. The number of phenols is 1. The fourth-order valence-electron chi connectivity index (χ4n) is 2.99. The van der Waals surface area contributed by atoms with Crippen LogP contribution in [0.25, 0.3) is 0 Å². The van der Waals surface area contributed by atoms with Gasteiger partial charge in [-0.2, -0.15) is 0 Å². The standard InChI is InChI=1S/C21H28O5/c1-14-5-4-6-15(20(24)25)8-9-16-13-17(22)10-11-18(16)26-21(2,3)19(23)12-7-14/h5,8,10-11,13,19,22-23H,4,6-7,9,12H2,1-3H3,(H,24,25). The van der Waals surface area contributed by atoms with Gasteiger partial charge >= 0.3 is 5.97 Å². The van der Waals surface area contributed by atoms with Gasteiger partial charge in [0, 0.05) is 11.1 Å². The zero-order valence-corrected chi connectivity index (χ0v) is 15.7. The SMILES string of the molecule is CC1=CCCC(C(=O)O)=CCc2cc(O)ccc2OC(C)(C)C(O)CC1. The fraction of sp³-hybridized carbons (Fsp3) is 0.476. The highest BCUT2D eigenvalue weighted by Gasteiger charge is 2.30. The number of phenolic OH excluding ortho intramolecular Hbond substituents is 1. The second kappa shape index (κ2) is 8.41. The van der Waals surface area contributed by atoms with Gasteiger partial charge in [-0.25, -0.2) is 4.79 Å². The first-order valence-corrected chi connectivity index (χ1v) is 8.96. The number of hydrogen-bond acceptors (Lipinski definition) is 4. The summed E-state index contributed by atoms with van der Waals surface area (Å²) in [4.78, 5) is 11.5. The molecule has 1 aliphatic rings. The molecule has 3 N–H and O–H groups in total. The van der Waals surface area contributed by atoms with E-state index in [1.807, 2.05) is 26.8 Å². The Bertz CT molecular complexity index is 715. The van der Waals surface area contributed by atoms with Crippen LogP contribution < -0.4 is 4.74 Å². The molecule has 0 saturated heterocycles. The highest BCUT2D eigenvalue weighted by molar-refractivity contribution is 5.86. The van der Waals surface area contributed by atoms with Crippen molar-refractivity contribution in [2.24, 2.45) is 0 Å². The van der Waals surface area contributed by atoms with Crippen molar-refractivity contribution in [1.82, 2.24) is 0 Å². The zero-order chi connectivity index (χ0) is 19.3. The smallest absolute Gasteiger partial charge is 0.331 e. The minimum absolute atomic E-state index is 0.0932. The van der Waals surface area contributed by atoms with Crippen molar-refractivity contribution < 1.29 is 24.9 Å². The molecule has 0 radical (unpaired) electrons. The molecule has 1 atom stereocenters. The second-order valence-corrected chi connectivity index (χ2v) is 7.38. The topological polar surface area (TPSA) is 87.0 Å². The summed E-state index contributed by atoms with van der Waals surface area (Å²) < 4.78 is 6.07. The van der Waals surface area contributed by atoms with Crippen LogP contribution in [-0.4, -0.2) is 33.0 Å². The predicted octanol–water partition coefficient (Wildman–Crippen LogP) is 3.98. The molecule has 1 heterocycles. The maximum atomic E-state index is 11.5. The molecule has 0 aliphatic carbocycles. The summed E-state index contributed by atoms with van der Waals surface area (Å²) in [6.07, 6.45) is 5.75. The third-order valence-corrected chi connectivity index (χ3v) is 4.78. The molecule has 1 aliphatic heterocycles. The molecular formula is C21H28O5. The summed E-state index contributed by atoms with van der Waals surface area (Å²) in [6.45, 7) is 5.66. The Morgan fingerprint density at radius 3 is 2.65 bits per heavy atom. The van der Waals surface area contributed by atoms with Gasteiger partial charge in [-0.3, -0.25) is 0 Å². The summed E-state index contributed by atoms with van der Waals surface area (Å²) in [6, 6.07) is 4.76. The Hall–Kier alpha value is -2.27. The molecule has 1 aromatic carbocycles. The zero-order valence-electron chi connectivity index (χ0n) is 15.7. The van der Waals surface area contributed by atoms with Gasteiger partial charge in [0.05, 0.1) is 6.10 Å². The molecule has 0 amide bonds. The van der Waals surface area contributed by atoms with Crippen LogP contribution in [-0.2, 0) is 11.2 Å². The van der Waals surface area contributed by atoms with Crippen molar-refractivity contribution in [3.63, 3.8) is 0 Å². The number of fused-ring (bicyclic) bond motifs is 1. The van der Waals surface area contributed by atoms with Crippen molar-refractivity contribution in [3.8, 4) is 11.5 Å². The van der Waals surface area contributed by atoms with Gasteiger partial charge in [0.25, 0.3) is 0 Å². The van der Waals surface area contributed by atoms with Crippen molar-refractivity contribution in [1.29, 1.82) is 0 Å². The monoisotopic (exact) mass is 360 g/mol. The number of benzene rings is 1. The molecule has 0 saturated carbocycles. The van der Waals surface area contributed by atoms with Crippen LogP contribution >= 0.6 is 0 Å². The van der Waals surface area contributed by atoms with Crippen LogP contribution in [0.1, 0.15) is 52.0 Å². The van der Waals surface area contributed by atoms with E-state index in [0.717, 1.165) is 12.0 Å². The molecular weight excluding hydrogens is 332 g/mol. The predicted molar refractivity (Wildman–Crippen MR) is 100 cm³/mol. The van der Waals surface area contributed by atoms with E-state index < -0.39 is 17.7 Å². The first-order valence-electron chi connectivity index (χ1n) is 8.96. The summed E-state index contributed by atoms with van der Waals surface area (Å²) >= 11 is 0. The van der Waals surface area contributed by atoms with E-state index >= 15 is 0 Å². The number of aliphatic carboxylic acids is 1. The van der Waals surface area contributed by atoms with E-state index in [4.69, 9.17) is 4.74 Å². The lowest BCUT2D eigenvalue weighted by Gasteiger charge is -2.32. The number of carbonyl (C=O) groups is 1. The molecule has 26 heavy (non-hydrogen) atoms. The number of carboxylic acids is 1. The molecule has 5 heteroatoms. The Labute approximate surface area is 154 Å². The van der Waals surface area contributed by atoms with E-state index in [2.05, 4.69) is 0 Å². The summed E-state index contributed by atoms with van der Waals surface area (Å²) in [7, 11) is 0. The van der Waals surface area contributed by atoms with Crippen LogP contribution in [0.5, 0.6) is 11.5 Å². The van der Waals surface area contributed by atoms with Crippen LogP contribution in [0.2, 0.25) is 0 Å². The van der Waals surface area contributed by atoms with Crippen LogP contribution in [0.4, 0.5) is 0 Å². The lowest BCUT2D eigenvalue weighted by Crippen LogP contribution is -2.42. The first kappa shape index (κ1) is 20.0. The molecule has 0 fully saturated rings. The number of hydrogen-bond donors (Lipinski definition) is 3. The summed E-state index contributed by atoms with van der Waals surface area (Å²) in [5.74, 6) is -0.297. The Morgan fingerprint density at radius 2 is 1.96 bits per heavy atom. The fourth-order valence-corrected chi connectivity index (χ4v) is 2.99.